The van der Waals surface area contributed by atoms with E-state index < -0.39 is 39.0 Å². The highest BCUT2D eigenvalue weighted by Gasteiger charge is 2.40. The van der Waals surface area contributed by atoms with Gasteiger partial charge in [0.15, 0.2) is 21.5 Å². The molecule has 4 atom stereocenters. The second-order valence-corrected chi connectivity index (χ2v) is 11.0. The molecule has 1 saturated carbocycles. The van der Waals surface area contributed by atoms with Crippen LogP contribution in [0.3, 0.4) is 0 Å². The van der Waals surface area contributed by atoms with Crippen LogP contribution in [0.4, 0.5) is 4.39 Å². The third-order valence-electron chi connectivity index (χ3n) is 6.14. The van der Waals surface area contributed by atoms with Crippen LogP contribution >= 0.6 is 11.6 Å². The van der Waals surface area contributed by atoms with Crippen LogP contribution in [0.5, 0.6) is 5.88 Å². The Balaban J connectivity index is 1.76. The number of hydrogen-bond donors (Lipinski definition) is 0. The first-order valence-electron chi connectivity index (χ1n) is 10.8. The second kappa shape index (κ2) is 10.1. The van der Waals surface area contributed by atoms with Crippen molar-refractivity contribution >= 4 is 21.4 Å². The number of methoxy groups -OCH3 is 2. The summed E-state index contributed by atoms with van der Waals surface area (Å²) in [5, 5.41) is 7.60. The molecule has 0 saturated heterocycles. The Kier molecular flexibility index (Phi) is 7.29. The molecule has 3 heterocycles. The highest BCUT2D eigenvalue weighted by molar-refractivity contribution is 7.91. The summed E-state index contributed by atoms with van der Waals surface area (Å²) in [7, 11) is -1.08. The standard InChI is InChI=1S/C21H25ClFN7O4S/c1-11-17(21(34-4)27-10-26-11)30-16(28-29-20(30)14-5-6-15(14)23)9-35(31,32)12(2)18(33-3)19-24-7-13(22)8-25-19/h7-8,10,12,14-15,18H,5-6,9H2,1-4H3/t12-,14-,15-,18-/m0/s1. The summed E-state index contributed by atoms with van der Waals surface area (Å²) < 4.78 is 53.8. The van der Waals surface area contributed by atoms with Gasteiger partial charge in [-0.3, -0.25) is 4.57 Å². The zero-order chi connectivity index (χ0) is 25.3. The van der Waals surface area contributed by atoms with Gasteiger partial charge in [0.1, 0.15) is 35.9 Å². The Morgan fingerprint density at radius 1 is 1.17 bits per heavy atom. The third kappa shape index (κ3) is 4.84. The molecule has 1 aliphatic rings. The van der Waals surface area contributed by atoms with Crippen LogP contribution in [0.2, 0.25) is 5.02 Å². The zero-order valence-corrected chi connectivity index (χ0v) is 21.2. The van der Waals surface area contributed by atoms with Gasteiger partial charge in [0.05, 0.1) is 29.0 Å². The molecule has 0 N–H and O–H groups in total. The maximum Gasteiger partial charge on any atom is 0.241 e. The minimum absolute atomic E-state index is 0.0917. The molecular formula is C21H25ClFN7O4S. The molecular weight excluding hydrogens is 501 g/mol. The molecule has 3 aromatic heterocycles. The summed E-state index contributed by atoms with van der Waals surface area (Å²) >= 11 is 5.86. The predicted molar refractivity (Wildman–Crippen MR) is 124 cm³/mol. The quantitative estimate of drug-likeness (QED) is 0.410. The molecule has 0 aliphatic heterocycles. The fourth-order valence-electron chi connectivity index (χ4n) is 3.99. The number of ether oxygens (including phenoxy) is 2. The highest BCUT2D eigenvalue weighted by Crippen LogP contribution is 2.41. The molecule has 0 unspecified atom stereocenters. The van der Waals surface area contributed by atoms with Gasteiger partial charge in [-0.15, -0.1) is 10.2 Å². The summed E-state index contributed by atoms with van der Waals surface area (Å²) in [5.74, 6) is -0.246. The maximum atomic E-state index is 14.4. The Bertz CT molecular complexity index is 1310. The first-order chi connectivity index (χ1) is 16.7. The number of nitrogens with zero attached hydrogens (tertiary/aromatic N) is 7. The summed E-state index contributed by atoms with van der Waals surface area (Å²) in [6, 6.07) is 0. The molecule has 35 heavy (non-hydrogen) atoms. The molecule has 14 heteroatoms. The lowest BCUT2D eigenvalue weighted by Gasteiger charge is -2.30. The number of aryl methyl sites for hydroxylation is 1. The summed E-state index contributed by atoms with van der Waals surface area (Å²) in [6.07, 6.45) is 2.99. The predicted octanol–water partition coefficient (Wildman–Crippen LogP) is 2.72. The van der Waals surface area contributed by atoms with E-state index in [1.54, 1.807) is 6.92 Å². The van der Waals surface area contributed by atoms with Crippen molar-refractivity contribution < 1.29 is 22.3 Å². The largest absolute Gasteiger partial charge is 0.479 e. The van der Waals surface area contributed by atoms with Crippen molar-refractivity contribution in [3.8, 4) is 11.6 Å². The smallest absolute Gasteiger partial charge is 0.241 e. The number of rotatable bonds is 9. The van der Waals surface area contributed by atoms with Crippen LogP contribution in [0.1, 0.15) is 55.0 Å². The van der Waals surface area contributed by atoms with E-state index in [4.69, 9.17) is 21.1 Å². The Morgan fingerprint density at radius 3 is 2.46 bits per heavy atom. The lowest BCUT2D eigenvalue weighted by Crippen LogP contribution is -2.31. The van der Waals surface area contributed by atoms with Crippen LogP contribution in [-0.4, -0.2) is 68.8 Å². The molecule has 0 spiro atoms. The van der Waals surface area contributed by atoms with Crippen molar-refractivity contribution in [3.05, 3.63) is 46.9 Å². The van der Waals surface area contributed by atoms with E-state index in [1.807, 2.05) is 0 Å². The fraction of sp³-hybridized carbons (Fsp3) is 0.524. The van der Waals surface area contributed by atoms with E-state index in [-0.39, 0.29) is 17.5 Å². The van der Waals surface area contributed by atoms with Gasteiger partial charge in [-0.2, -0.15) is 4.98 Å². The first-order valence-corrected chi connectivity index (χ1v) is 12.9. The molecule has 1 aliphatic carbocycles. The normalized spacial score (nSPS) is 19.7. The number of halogens is 2. The van der Waals surface area contributed by atoms with E-state index in [0.717, 1.165) is 0 Å². The van der Waals surface area contributed by atoms with Crippen LogP contribution in [0, 0.1) is 6.92 Å². The van der Waals surface area contributed by atoms with E-state index in [0.29, 0.717) is 35.1 Å². The van der Waals surface area contributed by atoms with Gasteiger partial charge in [-0.05, 0) is 26.7 Å². The maximum absolute atomic E-state index is 14.4. The molecule has 3 aromatic rings. The fourth-order valence-corrected chi connectivity index (χ4v) is 5.50. The summed E-state index contributed by atoms with van der Waals surface area (Å²) in [6.45, 7) is 3.22. The van der Waals surface area contributed by atoms with Crippen LogP contribution < -0.4 is 4.74 Å². The Labute approximate surface area is 207 Å². The van der Waals surface area contributed by atoms with Crippen molar-refractivity contribution in [2.45, 2.75) is 55.9 Å². The first kappa shape index (κ1) is 25.3. The van der Waals surface area contributed by atoms with E-state index in [9.17, 15) is 12.8 Å². The number of hydrogen-bond acceptors (Lipinski definition) is 10. The number of sulfone groups is 1. The van der Waals surface area contributed by atoms with E-state index >= 15 is 0 Å². The van der Waals surface area contributed by atoms with Gasteiger partial charge in [0, 0.05) is 19.5 Å². The summed E-state index contributed by atoms with van der Waals surface area (Å²) in [5.41, 5.74) is 0.875. The monoisotopic (exact) mass is 525 g/mol. The number of aromatic nitrogens is 7. The van der Waals surface area contributed by atoms with Gasteiger partial charge in [-0.1, -0.05) is 11.6 Å². The molecule has 188 valence electrons. The third-order valence-corrected chi connectivity index (χ3v) is 8.37. The molecule has 0 radical (unpaired) electrons. The van der Waals surface area contributed by atoms with E-state index in [2.05, 4.69) is 30.1 Å². The topological polar surface area (TPSA) is 135 Å². The zero-order valence-electron chi connectivity index (χ0n) is 19.6. The molecule has 1 fully saturated rings. The van der Waals surface area contributed by atoms with Crippen LogP contribution in [0.15, 0.2) is 18.7 Å². The molecule has 0 aromatic carbocycles. The average Bonchev–Trinajstić information content (AvgIpc) is 3.20. The van der Waals surface area contributed by atoms with Gasteiger partial charge in [0.25, 0.3) is 0 Å². The van der Waals surface area contributed by atoms with Gasteiger partial charge < -0.3 is 9.47 Å². The van der Waals surface area contributed by atoms with E-state index in [1.165, 1.54) is 44.4 Å². The van der Waals surface area contributed by atoms with Gasteiger partial charge in [0.2, 0.25) is 5.88 Å². The lowest BCUT2D eigenvalue weighted by atomic mass is 9.82. The molecule has 11 nitrogen and oxygen atoms in total. The minimum Gasteiger partial charge on any atom is -0.479 e. The van der Waals surface area contributed by atoms with Crippen molar-refractivity contribution in [1.29, 1.82) is 0 Å². The van der Waals surface area contributed by atoms with Crippen molar-refractivity contribution in [3.63, 3.8) is 0 Å². The average molecular weight is 526 g/mol. The Hall–Kier alpha value is -2.77. The lowest BCUT2D eigenvalue weighted by molar-refractivity contribution is 0.0948. The molecule has 0 amide bonds. The van der Waals surface area contributed by atoms with Crippen molar-refractivity contribution in [2.24, 2.45) is 0 Å². The molecule has 4 rings (SSSR count). The summed E-state index contributed by atoms with van der Waals surface area (Å²) in [4.78, 5) is 16.6. The second-order valence-electron chi connectivity index (χ2n) is 8.25. The highest BCUT2D eigenvalue weighted by atomic mass is 35.5. The van der Waals surface area contributed by atoms with Crippen LogP contribution in [-0.2, 0) is 20.3 Å². The minimum atomic E-state index is -3.90. The SMILES string of the molecule is COc1ncnc(C)c1-n1c(CS(=O)(=O)[C@@H](C)[C@H](OC)c2ncc(Cl)cn2)nnc1[C@H]1CC[C@@H]1F. The van der Waals surface area contributed by atoms with Crippen molar-refractivity contribution in [2.75, 3.05) is 14.2 Å². The van der Waals surface area contributed by atoms with Crippen LogP contribution in [0.25, 0.3) is 5.69 Å². The van der Waals surface area contributed by atoms with Gasteiger partial charge >= 0.3 is 0 Å². The molecule has 0 bridgehead atoms. The number of alkyl halides is 1. The Morgan fingerprint density at radius 2 is 1.89 bits per heavy atom. The van der Waals surface area contributed by atoms with Gasteiger partial charge in [-0.25, -0.2) is 27.8 Å². The van der Waals surface area contributed by atoms with Crippen molar-refractivity contribution in [1.82, 2.24) is 34.7 Å².